The van der Waals surface area contributed by atoms with Crippen molar-refractivity contribution in [3.63, 3.8) is 0 Å². The molecule has 1 aliphatic rings. The van der Waals surface area contributed by atoms with Crippen LogP contribution in [0.5, 0.6) is 0 Å². The van der Waals surface area contributed by atoms with Crippen molar-refractivity contribution in [2.24, 2.45) is 5.92 Å². The maximum Gasteiger partial charge on any atom is 0.224 e. The Morgan fingerprint density at radius 1 is 1.13 bits per heavy atom. The van der Waals surface area contributed by atoms with Crippen LogP contribution in [0.4, 0.5) is 0 Å². The molecule has 3 aromatic rings. The lowest BCUT2D eigenvalue weighted by Gasteiger charge is -2.26. The lowest BCUT2D eigenvalue weighted by atomic mass is 9.82. The van der Waals surface area contributed by atoms with Crippen LogP contribution in [0.3, 0.4) is 0 Å². The Bertz CT molecular complexity index is 966. The lowest BCUT2D eigenvalue weighted by molar-refractivity contribution is -0.125. The number of hydrogen-bond acceptors (Lipinski definition) is 4. The van der Waals surface area contributed by atoms with Crippen molar-refractivity contribution in [3.05, 3.63) is 77.3 Å². The molecule has 1 amide bonds. The topological polar surface area (TPSA) is 51.2 Å². The molecular formula is C25H28N2O2S. The van der Waals surface area contributed by atoms with Crippen LogP contribution >= 0.6 is 11.3 Å². The Labute approximate surface area is 182 Å². The van der Waals surface area contributed by atoms with Gasteiger partial charge in [0.05, 0.1) is 27.2 Å². The van der Waals surface area contributed by atoms with Crippen LogP contribution in [0.25, 0.3) is 10.2 Å². The van der Waals surface area contributed by atoms with Gasteiger partial charge in [-0.05, 0) is 43.9 Å². The first-order valence-electron chi connectivity index (χ1n) is 10.7. The molecule has 2 aromatic carbocycles. The summed E-state index contributed by atoms with van der Waals surface area (Å²) in [5, 5.41) is 4.19. The molecule has 1 aromatic heterocycles. The lowest BCUT2D eigenvalue weighted by Crippen LogP contribution is -2.35. The van der Waals surface area contributed by atoms with Gasteiger partial charge in [0.25, 0.3) is 0 Å². The summed E-state index contributed by atoms with van der Waals surface area (Å²) in [6, 6.07) is 18.4. The first-order valence-corrected chi connectivity index (χ1v) is 11.5. The van der Waals surface area contributed by atoms with Crippen molar-refractivity contribution in [2.45, 2.75) is 38.2 Å². The van der Waals surface area contributed by atoms with Gasteiger partial charge in [-0.2, -0.15) is 0 Å². The van der Waals surface area contributed by atoms with E-state index < -0.39 is 0 Å². The fourth-order valence-corrected chi connectivity index (χ4v) is 5.07. The number of hydrogen-bond donors (Lipinski definition) is 1. The zero-order valence-corrected chi connectivity index (χ0v) is 18.1. The van der Waals surface area contributed by atoms with E-state index in [-0.39, 0.29) is 23.8 Å². The number of allylic oxidation sites excluding steroid dienone is 2. The van der Waals surface area contributed by atoms with Gasteiger partial charge in [-0.15, -0.1) is 11.3 Å². The number of carbonyl (C=O) groups excluding carboxylic acids is 1. The Balaban J connectivity index is 1.28. The van der Waals surface area contributed by atoms with Gasteiger partial charge in [-0.25, -0.2) is 4.98 Å². The van der Waals surface area contributed by atoms with Crippen LogP contribution in [0.1, 0.15) is 48.8 Å². The van der Waals surface area contributed by atoms with E-state index >= 15 is 0 Å². The highest BCUT2D eigenvalue weighted by atomic mass is 32.1. The smallest absolute Gasteiger partial charge is 0.224 e. The molecule has 156 valence electrons. The SMILES string of the molecule is C[C@H](OCCCNC(=O)[C@@H]1CC=CC[C@H]1c1nc2ccccc2s1)c1ccccc1. The van der Waals surface area contributed by atoms with Gasteiger partial charge in [0.1, 0.15) is 0 Å². The van der Waals surface area contributed by atoms with Gasteiger partial charge in [0, 0.05) is 19.1 Å². The van der Waals surface area contributed by atoms with Crippen molar-refractivity contribution in [2.75, 3.05) is 13.2 Å². The van der Waals surface area contributed by atoms with Gasteiger partial charge in [0.2, 0.25) is 5.91 Å². The number of amides is 1. The van der Waals surface area contributed by atoms with Crippen molar-refractivity contribution in [1.29, 1.82) is 0 Å². The third-order valence-electron chi connectivity index (χ3n) is 5.65. The molecular weight excluding hydrogens is 392 g/mol. The Morgan fingerprint density at radius 2 is 1.90 bits per heavy atom. The molecule has 0 unspecified atom stereocenters. The van der Waals surface area contributed by atoms with Crippen molar-refractivity contribution >= 4 is 27.5 Å². The Kier molecular flexibility index (Phi) is 6.92. The number of para-hydroxylation sites is 1. The normalized spacial score (nSPS) is 19.6. The number of nitrogens with one attached hydrogen (secondary N) is 1. The van der Waals surface area contributed by atoms with E-state index in [1.165, 1.54) is 10.3 Å². The summed E-state index contributed by atoms with van der Waals surface area (Å²) in [4.78, 5) is 17.7. The first kappa shape index (κ1) is 20.8. The minimum atomic E-state index is -0.0558. The quantitative estimate of drug-likeness (QED) is 0.379. The molecule has 1 N–H and O–H groups in total. The van der Waals surface area contributed by atoms with E-state index in [4.69, 9.17) is 9.72 Å². The number of aromatic nitrogens is 1. The second kappa shape index (κ2) is 10.0. The number of fused-ring (bicyclic) bond motifs is 1. The number of nitrogens with zero attached hydrogens (tertiary/aromatic N) is 1. The summed E-state index contributed by atoms with van der Waals surface area (Å²) in [5.41, 5.74) is 2.20. The summed E-state index contributed by atoms with van der Waals surface area (Å²) >= 11 is 1.71. The Hall–Kier alpha value is -2.50. The molecule has 0 saturated heterocycles. The van der Waals surface area contributed by atoms with Crippen molar-refractivity contribution < 1.29 is 9.53 Å². The highest BCUT2D eigenvalue weighted by Gasteiger charge is 2.32. The number of rotatable bonds is 8. The second-order valence-corrected chi connectivity index (χ2v) is 8.81. The van der Waals surface area contributed by atoms with Crippen LogP contribution in [0.15, 0.2) is 66.7 Å². The minimum Gasteiger partial charge on any atom is -0.374 e. The largest absolute Gasteiger partial charge is 0.374 e. The molecule has 0 aliphatic heterocycles. The average Bonchev–Trinajstić information content (AvgIpc) is 3.23. The van der Waals surface area contributed by atoms with E-state index in [0.717, 1.165) is 29.8 Å². The zero-order chi connectivity index (χ0) is 20.8. The maximum atomic E-state index is 12.9. The molecule has 5 heteroatoms. The summed E-state index contributed by atoms with van der Waals surface area (Å²) in [6.07, 6.45) is 6.81. The molecule has 1 aliphatic carbocycles. The number of ether oxygens (including phenoxy) is 1. The summed E-state index contributed by atoms with van der Waals surface area (Å²) in [7, 11) is 0. The first-order chi connectivity index (χ1) is 14.7. The van der Waals surface area contributed by atoms with Gasteiger partial charge in [0.15, 0.2) is 0 Å². The fourth-order valence-electron chi connectivity index (χ4n) is 3.92. The number of benzene rings is 2. The van der Waals surface area contributed by atoms with E-state index in [2.05, 4.69) is 42.6 Å². The number of carbonyl (C=O) groups is 1. The van der Waals surface area contributed by atoms with Crippen LogP contribution in [-0.4, -0.2) is 24.0 Å². The van der Waals surface area contributed by atoms with Crippen molar-refractivity contribution in [1.82, 2.24) is 10.3 Å². The molecule has 30 heavy (non-hydrogen) atoms. The molecule has 4 nitrogen and oxygen atoms in total. The van der Waals surface area contributed by atoms with E-state index in [0.29, 0.717) is 13.2 Å². The standard InChI is InChI=1S/C25H28N2O2S/c1-18(19-10-3-2-4-11-19)29-17-9-16-26-24(28)20-12-5-6-13-21(20)25-27-22-14-7-8-15-23(22)30-25/h2-8,10-11,14-15,18,20-21H,9,12-13,16-17H2,1H3,(H,26,28)/t18-,20+,21+/m0/s1. The molecule has 0 saturated carbocycles. The van der Waals surface area contributed by atoms with E-state index in [9.17, 15) is 4.79 Å². The molecule has 1 heterocycles. The predicted molar refractivity (Wildman–Crippen MR) is 123 cm³/mol. The third-order valence-corrected chi connectivity index (χ3v) is 6.82. The molecule has 4 rings (SSSR count). The maximum absolute atomic E-state index is 12.9. The number of thiazole rings is 1. The highest BCUT2D eigenvalue weighted by molar-refractivity contribution is 7.18. The fraction of sp³-hybridized carbons (Fsp3) is 0.360. The molecule has 0 bridgehead atoms. The molecule has 3 atom stereocenters. The monoisotopic (exact) mass is 420 g/mol. The summed E-state index contributed by atoms with van der Waals surface area (Å²) in [5.74, 6) is 0.223. The van der Waals surface area contributed by atoms with Gasteiger partial charge < -0.3 is 10.1 Å². The summed E-state index contributed by atoms with van der Waals surface area (Å²) in [6.45, 7) is 3.32. The van der Waals surface area contributed by atoms with Crippen LogP contribution in [0.2, 0.25) is 0 Å². The van der Waals surface area contributed by atoms with Crippen LogP contribution in [-0.2, 0) is 9.53 Å². The van der Waals surface area contributed by atoms with Crippen molar-refractivity contribution in [3.8, 4) is 0 Å². The van der Waals surface area contributed by atoms with E-state index in [1.54, 1.807) is 11.3 Å². The molecule has 0 radical (unpaired) electrons. The van der Waals surface area contributed by atoms with Gasteiger partial charge >= 0.3 is 0 Å². The van der Waals surface area contributed by atoms with E-state index in [1.807, 2.05) is 36.4 Å². The third kappa shape index (κ3) is 4.97. The van der Waals surface area contributed by atoms with Crippen LogP contribution in [0, 0.1) is 5.92 Å². The predicted octanol–water partition coefficient (Wildman–Crippen LogP) is 5.63. The highest BCUT2D eigenvalue weighted by Crippen LogP contribution is 2.38. The van der Waals surface area contributed by atoms with Crippen LogP contribution < -0.4 is 5.32 Å². The average molecular weight is 421 g/mol. The molecule has 0 fully saturated rings. The second-order valence-electron chi connectivity index (χ2n) is 7.74. The Morgan fingerprint density at radius 3 is 2.73 bits per heavy atom. The minimum absolute atomic E-state index is 0.0558. The van der Waals surface area contributed by atoms with Gasteiger partial charge in [-0.3, -0.25) is 4.79 Å². The zero-order valence-electron chi connectivity index (χ0n) is 17.3. The van der Waals surface area contributed by atoms with Gasteiger partial charge in [-0.1, -0.05) is 54.6 Å². The molecule has 0 spiro atoms. The summed E-state index contributed by atoms with van der Waals surface area (Å²) < 4.78 is 7.09.